The Hall–Kier alpha value is -0.830. The van der Waals surface area contributed by atoms with Crippen molar-refractivity contribution in [2.75, 3.05) is 14.1 Å². The zero-order chi connectivity index (χ0) is 9.14. The topological polar surface area (TPSA) is 46.3 Å². The Morgan fingerprint density at radius 3 is 2.83 bits per heavy atom. The van der Waals surface area contributed by atoms with Gasteiger partial charge in [0.1, 0.15) is 0 Å². The van der Waals surface area contributed by atoms with Crippen molar-refractivity contribution in [3.63, 3.8) is 0 Å². The van der Waals surface area contributed by atoms with Crippen LogP contribution in [0.5, 0.6) is 0 Å². The van der Waals surface area contributed by atoms with Crippen LogP contribution in [-0.2, 0) is 4.79 Å². The summed E-state index contributed by atoms with van der Waals surface area (Å²) in [7, 11) is 3.83. The van der Waals surface area contributed by atoms with Crippen molar-refractivity contribution in [1.82, 2.24) is 4.90 Å². The first-order valence-corrected chi connectivity index (χ1v) is 4.25. The van der Waals surface area contributed by atoms with E-state index >= 15 is 0 Å². The van der Waals surface area contributed by atoms with E-state index in [9.17, 15) is 4.79 Å². The lowest BCUT2D eigenvalue weighted by molar-refractivity contribution is -0.116. The molecule has 2 N–H and O–H groups in total. The molecule has 1 fully saturated rings. The highest BCUT2D eigenvalue weighted by Crippen LogP contribution is 2.18. The zero-order valence-electron chi connectivity index (χ0n) is 7.71. The summed E-state index contributed by atoms with van der Waals surface area (Å²) in [5.74, 6) is 0.255. The van der Waals surface area contributed by atoms with Crippen molar-refractivity contribution in [3.8, 4) is 0 Å². The Labute approximate surface area is 73.2 Å². The summed E-state index contributed by atoms with van der Waals surface area (Å²) < 4.78 is 0. The largest absolute Gasteiger partial charge is 0.383 e. The normalized spacial score (nSPS) is 27.8. The highest BCUT2D eigenvalue weighted by atomic mass is 16.1. The van der Waals surface area contributed by atoms with Gasteiger partial charge in [0.25, 0.3) is 0 Å². The third-order valence-electron chi connectivity index (χ3n) is 2.00. The van der Waals surface area contributed by atoms with Gasteiger partial charge in [0.15, 0.2) is 5.78 Å². The molecule has 0 bridgehead atoms. The van der Waals surface area contributed by atoms with Gasteiger partial charge in [-0.3, -0.25) is 4.79 Å². The van der Waals surface area contributed by atoms with Gasteiger partial charge in [0.2, 0.25) is 0 Å². The molecule has 0 heterocycles. The third kappa shape index (κ3) is 2.34. The van der Waals surface area contributed by atoms with Crippen LogP contribution in [0.2, 0.25) is 0 Å². The first-order chi connectivity index (χ1) is 5.59. The highest BCUT2D eigenvalue weighted by Gasteiger charge is 2.20. The Morgan fingerprint density at radius 1 is 1.58 bits per heavy atom. The fraction of sp³-hybridized carbons (Fsp3) is 0.667. The molecule has 1 rings (SSSR count). The van der Waals surface area contributed by atoms with Crippen LogP contribution in [0.15, 0.2) is 11.8 Å². The Bertz CT molecular complexity index is 209. The van der Waals surface area contributed by atoms with Crippen molar-refractivity contribution >= 4 is 5.78 Å². The highest BCUT2D eigenvalue weighted by molar-refractivity contribution is 5.96. The minimum absolute atomic E-state index is 0.175. The average molecular weight is 168 g/mol. The van der Waals surface area contributed by atoms with E-state index < -0.39 is 0 Å². The number of carbonyl (C=O) groups excluding carboxylic acids is 1. The van der Waals surface area contributed by atoms with Crippen LogP contribution < -0.4 is 5.73 Å². The summed E-state index contributed by atoms with van der Waals surface area (Å²) in [5, 5.41) is 0. The van der Waals surface area contributed by atoms with E-state index in [1.54, 1.807) is 0 Å². The summed E-state index contributed by atoms with van der Waals surface area (Å²) >= 11 is 0. The number of nitrogens with zero attached hydrogens (tertiary/aromatic N) is 1. The smallest absolute Gasteiger partial charge is 0.160 e. The SMILES string of the molecule is CN(C)C=C1CC(N)CCC1=O. The van der Waals surface area contributed by atoms with Crippen molar-refractivity contribution in [1.29, 1.82) is 0 Å². The Morgan fingerprint density at radius 2 is 2.25 bits per heavy atom. The lowest BCUT2D eigenvalue weighted by Crippen LogP contribution is -2.29. The van der Waals surface area contributed by atoms with Crippen LogP contribution in [0.3, 0.4) is 0 Å². The maximum absolute atomic E-state index is 11.3. The van der Waals surface area contributed by atoms with Crippen LogP contribution in [0.1, 0.15) is 19.3 Å². The molecular weight excluding hydrogens is 152 g/mol. The van der Waals surface area contributed by atoms with Gasteiger partial charge in [-0.1, -0.05) is 0 Å². The molecule has 0 amide bonds. The molecular formula is C9H16N2O. The van der Waals surface area contributed by atoms with Gasteiger partial charge < -0.3 is 10.6 Å². The van der Waals surface area contributed by atoms with Gasteiger partial charge in [-0.2, -0.15) is 0 Å². The molecule has 1 saturated carbocycles. The molecule has 0 aromatic heterocycles. The van der Waals surface area contributed by atoms with E-state index in [0.717, 1.165) is 18.4 Å². The number of hydrogen-bond acceptors (Lipinski definition) is 3. The maximum atomic E-state index is 11.3. The molecule has 0 aliphatic heterocycles. The predicted octanol–water partition coefficient (Wildman–Crippen LogP) is 0.512. The molecule has 1 unspecified atom stereocenters. The molecule has 0 spiro atoms. The van der Waals surface area contributed by atoms with Crippen molar-refractivity contribution in [2.24, 2.45) is 5.73 Å². The second-order valence-corrected chi connectivity index (χ2v) is 3.54. The summed E-state index contributed by atoms with van der Waals surface area (Å²) in [4.78, 5) is 13.2. The number of nitrogens with two attached hydrogens (primary N) is 1. The summed E-state index contributed by atoms with van der Waals surface area (Å²) in [5.41, 5.74) is 6.63. The number of carbonyl (C=O) groups is 1. The molecule has 1 aliphatic carbocycles. The lowest BCUT2D eigenvalue weighted by atomic mass is 9.90. The number of Topliss-reactive ketones (excluding diaryl/α,β-unsaturated/α-hetero) is 1. The summed E-state index contributed by atoms with van der Waals surface area (Å²) in [6, 6.07) is 0.175. The van der Waals surface area contributed by atoms with Crippen LogP contribution in [0, 0.1) is 0 Å². The molecule has 12 heavy (non-hydrogen) atoms. The van der Waals surface area contributed by atoms with Crippen molar-refractivity contribution in [3.05, 3.63) is 11.8 Å². The van der Waals surface area contributed by atoms with E-state index in [1.165, 1.54) is 0 Å². The Kier molecular flexibility index (Phi) is 2.87. The number of ketones is 1. The van der Waals surface area contributed by atoms with E-state index in [0.29, 0.717) is 6.42 Å². The molecule has 68 valence electrons. The first-order valence-electron chi connectivity index (χ1n) is 4.25. The van der Waals surface area contributed by atoms with Crippen LogP contribution in [-0.4, -0.2) is 30.8 Å². The molecule has 3 nitrogen and oxygen atoms in total. The summed E-state index contributed by atoms with van der Waals surface area (Å²) in [6.07, 6.45) is 4.06. The van der Waals surface area contributed by atoms with E-state index in [1.807, 2.05) is 25.2 Å². The standard InChI is InChI=1S/C9H16N2O/c1-11(2)6-7-5-8(10)3-4-9(7)12/h6,8H,3-5,10H2,1-2H3. The number of rotatable bonds is 1. The molecule has 3 heteroatoms. The molecule has 1 aliphatic rings. The zero-order valence-corrected chi connectivity index (χ0v) is 7.71. The first kappa shape index (κ1) is 9.26. The van der Waals surface area contributed by atoms with Gasteiger partial charge in [-0.25, -0.2) is 0 Å². The molecule has 1 atom stereocenters. The fourth-order valence-corrected chi connectivity index (χ4v) is 1.41. The van der Waals surface area contributed by atoms with Gasteiger partial charge in [0, 0.05) is 38.3 Å². The van der Waals surface area contributed by atoms with Gasteiger partial charge in [-0.15, -0.1) is 0 Å². The van der Waals surface area contributed by atoms with Crippen LogP contribution in [0.4, 0.5) is 0 Å². The van der Waals surface area contributed by atoms with Gasteiger partial charge in [-0.05, 0) is 12.8 Å². The maximum Gasteiger partial charge on any atom is 0.160 e. The van der Waals surface area contributed by atoms with Crippen molar-refractivity contribution in [2.45, 2.75) is 25.3 Å². The summed E-state index contributed by atoms with van der Waals surface area (Å²) in [6.45, 7) is 0. The van der Waals surface area contributed by atoms with E-state index in [4.69, 9.17) is 5.73 Å². The Balaban J connectivity index is 2.67. The van der Waals surface area contributed by atoms with E-state index in [-0.39, 0.29) is 11.8 Å². The molecule has 0 aromatic rings. The lowest BCUT2D eigenvalue weighted by Gasteiger charge is -2.20. The quantitative estimate of drug-likeness (QED) is 0.580. The molecule has 0 radical (unpaired) electrons. The van der Waals surface area contributed by atoms with Gasteiger partial charge >= 0.3 is 0 Å². The van der Waals surface area contributed by atoms with E-state index in [2.05, 4.69) is 0 Å². The third-order valence-corrected chi connectivity index (χ3v) is 2.00. The second-order valence-electron chi connectivity index (χ2n) is 3.54. The predicted molar refractivity (Wildman–Crippen MR) is 48.6 cm³/mol. The second kappa shape index (κ2) is 3.72. The average Bonchev–Trinajstić information content (AvgIpc) is 1.96. The van der Waals surface area contributed by atoms with Gasteiger partial charge in [0.05, 0.1) is 0 Å². The fourth-order valence-electron chi connectivity index (χ4n) is 1.41. The number of hydrogen-bond donors (Lipinski definition) is 1. The molecule has 0 aromatic carbocycles. The molecule has 0 saturated heterocycles. The minimum atomic E-state index is 0.175. The minimum Gasteiger partial charge on any atom is -0.383 e. The van der Waals surface area contributed by atoms with Crippen molar-refractivity contribution < 1.29 is 4.79 Å². The van der Waals surface area contributed by atoms with Crippen LogP contribution >= 0.6 is 0 Å². The van der Waals surface area contributed by atoms with Crippen LogP contribution in [0.25, 0.3) is 0 Å². The monoisotopic (exact) mass is 168 g/mol.